The van der Waals surface area contributed by atoms with Crippen LogP contribution in [0.3, 0.4) is 0 Å². The molecule has 0 heterocycles. The molecule has 1 amide bonds. The number of aliphatic carboxylic acids is 1. The zero-order valence-electron chi connectivity index (χ0n) is 12.6. The Balaban J connectivity index is 4.49. The molecule has 0 aliphatic rings. The number of aldehydes is 1. The van der Waals surface area contributed by atoms with Crippen molar-refractivity contribution in [3.8, 4) is 0 Å². The van der Waals surface area contributed by atoms with Crippen molar-refractivity contribution in [2.24, 2.45) is 0 Å². The number of hydrogen-bond donors (Lipinski definition) is 4. The number of ether oxygens (including phenoxy) is 1. The lowest BCUT2D eigenvalue weighted by atomic mass is 9.96. The summed E-state index contributed by atoms with van der Waals surface area (Å²) in [5, 5.41) is 23.0. The molecule has 0 spiro atoms. The van der Waals surface area contributed by atoms with Crippen LogP contribution in [0.15, 0.2) is 0 Å². The summed E-state index contributed by atoms with van der Waals surface area (Å²) in [5.41, 5.74) is -1.23. The highest BCUT2D eigenvalue weighted by Gasteiger charge is 2.28. The van der Waals surface area contributed by atoms with Crippen LogP contribution in [0.5, 0.6) is 0 Å². The lowest BCUT2D eigenvalue weighted by Gasteiger charge is -2.25. The van der Waals surface area contributed by atoms with Crippen LogP contribution in [0.4, 0.5) is 0 Å². The van der Waals surface area contributed by atoms with Crippen molar-refractivity contribution in [1.82, 2.24) is 10.6 Å². The van der Waals surface area contributed by atoms with Crippen molar-refractivity contribution in [3.05, 3.63) is 0 Å². The Morgan fingerprint density at radius 3 is 2.36 bits per heavy atom. The van der Waals surface area contributed by atoms with Gasteiger partial charge >= 0.3 is 11.9 Å². The highest BCUT2D eigenvalue weighted by atomic mass is 16.5. The molecule has 126 valence electrons. The molecule has 0 fully saturated rings. The Labute approximate surface area is 128 Å². The monoisotopic (exact) mass is 318 g/mol. The maximum absolute atomic E-state index is 11.8. The molecule has 0 radical (unpaired) electrons. The predicted octanol–water partition coefficient (Wildman–Crippen LogP) is -1.56. The molecule has 0 saturated carbocycles. The van der Waals surface area contributed by atoms with Gasteiger partial charge in [0.1, 0.15) is 12.3 Å². The van der Waals surface area contributed by atoms with E-state index in [9.17, 15) is 19.2 Å². The van der Waals surface area contributed by atoms with Crippen molar-refractivity contribution in [2.45, 2.75) is 37.3 Å². The molecule has 0 aliphatic carbocycles. The van der Waals surface area contributed by atoms with Crippen molar-refractivity contribution < 1.29 is 34.1 Å². The average Bonchev–Trinajstić information content (AvgIpc) is 2.52. The third kappa shape index (κ3) is 6.64. The van der Waals surface area contributed by atoms with E-state index in [2.05, 4.69) is 15.4 Å². The van der Waals surface area contributed by atoms with Crippen molar-refractivity contribution >= 4 is 24.1 Å². The van der Waals surface area contributed by atoms with Gasteiger partial charge in [0, 0.05) is 12.8 Å². The van der Waals surface area contributed by atoms with Crippen molar-refractivity contribution in [3.63, 3.8) is 0 Å². The van der Waals surface area contributed by atoms with Gasteiger partial charge in [-0.25, -0.2) is 4.79 Å². The Morgan fingerprint density at radius 2 is 1.95 bits per heavy atom. The summed E-state index contributed by atoms with van der Waals surface area (Å²) in [6.07, 6.45) is 0.130. The first-order valence-corrected chi connectivity index (χ1v) is 6.69. The van der Waals surface area contributed by atoms with Gasteiger partial charge in [-0.3, -0.25) is 9.59 Å². The third-order valence-electron chi connectivity index (χ3n) is 3.30. The van der Waals surface area contributed by atoms with E-state index in [4.69, 9.17) is 10.2 Å². The number of carbonyl (C=O) groups excluding carboxylic acids is 3. The van der Waals surface area contributed by atoms with Gasteiger partial charge < -0.3 is 30.4 Å². The first-order valence-electron chi connectivity index (χ1n) is 6.69. The van der Waals surface area contributed by atoms with Crippen molar-refractivity contribution in [2.75, 3.05) is 20.8 Å². The zero-order chi connectivity index (χ0) is 17.2. The second kappa shape index (κ2) is 9.85. The number of carboxylic acid groups (broad SMARTS) is 1. The van der Waals surface area contributed by atoms with Gasteiger partial charge in [0.2, 0.25) is 5.91 Å². The summed E-state index contributed by atoms with van der Waals surface area (Å²) in [6.45, 7) is -0.481. The van der Waals surface area contributed by atoms with Crippen LogP contribution < -0.4 is 10.6 Å². The molecule has 0 saturated heterocycles. The first kappa shape index (κ1) is 20.0. The molecule has 9 heteroatoms. The number of nitrogens with one attached hydrogen (secondary N) is 2. The molecule has 0 aromatic heterocycles. The lowest BCUT2D eigenvalue weighted by Crippen LogP contribution is -2.49. The maximum atomic E-state index is 11.8. The van der Waals surface area contributed by atoms with Crippen molar-refractivity contribution in [1.29, 1.82) is 0 Å². The fourth-order valence-electron chi connectivity index (χ4n) is 1.66. The summed E-state index contributed by atoms with van der Waals surface area (Å²) in [4.78, 5) is 44.7. The summed E-state index contributed by atoms with van der Waals surface area (Å²) in [7, 11) is 2.65. The average molecular weight is 318 g/mol. The fourth-order valence-corrected chi connectivity index (χ4v) is 1.66. The van der Waals surface area contributed by atoms with Crippen LogP contribution in [0, 0.1) is 0 Å². The minimum atomic E-state index is -1.27. The second-order valence-electron chi connectivity index (χ2n) is 4.76. The molecule has 0 aromatic carbocycles. The second-order valence-corrected chi connectivity index (χ2v) is 4.76. The van der Waals surface area contributed by atoms with E-state index < -0.39 is 36.0 Å². The normalized spacial score (nSPS) is 14.5. The number of hydrogen-bond acceptors (Lipinski definition) is 7. The van der Waals surface area contributed by atoms with Crippen LogP contribution in [0.1, 0.15) is 25.7 Å². The summed E-state index contributed by atoms with van der Waals surface area (Å²) in [5.74, 6) is -2.43. The highest BCUT2D eigenvalue weighted by Crippen LogP contribution is 2.09. The zero-order valence-corrected chi connectivity index (χ0v) is 12.6. The van der Waals surface area contributed by atoms with E-state index in [0.29, 0.717) is 6.29 Å². The van der Waals surface area contributed by atoms with Gasteiger partial charge in [-0.1, -0.05) is 0 Å². The van der Waals surface area contributed by atoms with Gasteiger partial charge in [0.05, 0.1) is 19.3 Å². The van der Waals surface area contributed by atoms with Crippen LogP contribution in [-0.4, -0.2) is 66.7 Å². The fraction of sp³-hybridized carbons (Fsp3) is 0.692. The lowest BCUT2D eigenvalue weighted by molar-refractivity contribution is -0.144. The smallest absolute Gasteiger partial charge is 0.326 e. The van der Waals surface area contributed by atoms with Gasteiger partial charge in [-0.2, -0.15) is 0 Å². The molecule has 0 bridgehead atoms. The molecular formula is C13H22N2O7. The van der Waals surface area contributed by atoms with E-state index in [1.165, 1.54) is 14.2 Å². The number of likely N-dealkylation sites (N-methyl/N-ethyl adjacent to an activating group) is 1. The Bertz CT molecular complexity index is 407. The minimum absolute atomic E-state index is 0.0126. The van der Waals surface area contributed by atoms with Gasteiger partial charge in [-0.15, -0.1) is 0 Å². The minimum Gasteiger partial charge on any atom is -0.480 e. The number of esters is 1. The summed E-state index contributed by atoms with van der Waals surface area (Å²) in [6, 6.07) is -1.22. The Morgan fingerprint density at radius 1 is 1.32 bits per heavy atom. The molecule has 9 nitrogen and oxygen atoms in total. The third-order valence-corrected chi connectivity index (χ3v) is 3.30. The molecule has 4 N–H and O–H groups in total. The molecule has 2 atom stereocenters. The van der Waals surface area contributed by atoms with E-state index in [-0.39, 0.29) is 25.7 Å². The van der Waals surface area contributed by atoms with E-state index in [0.717, 1.165) is 0 Å². The molecule has 2 unspecified atom stereocenters. The van der Waals surface area contributed by atoms with Crippen LogP contribution in [-0.2, 0) is 23.9 Å². The first-order chi connectivity index (χ1) is 10.3. The summed E-state index contributed by atoms with van der Waals surface area (Å²) < 4.78 is 4.40. The van der Waals surface area contributed by atoms with E-state index >= 15 is 0 Å². The predicted molar refractivity (Wildman–Crippen MR) is 75.0 cm³/mol. The number of amides is 1. The van der Waals surface area contributed by atoms with Crippen LogP contribution in [0.25, 0.3) is 0 Å². The maximum Gasteiger partial charge on any atom is 0.326 e. The van der Waals surface area contributed by atoms with Crippen LogP contribution >= 0.6 is 0 Å². The SMILES string of the molecule is CNC(C=O)(CO)CCC(=O)NC(CCC(=O)OC)C(=O)O. The van der Waals surface area contributed by atoms with E-state index in [1.807, 2.05) is 0 Å². The van der Waals surface area contributed by atoms with E-state index in [1.54, 1.807) is 0 Å². The van der Waals surface area contributed by atoms with Gasteiger partial charge in [-0.05, 0) is 19.9 Å². The Hall–Kier alpha value is -2.00. The molecule has 0 rings (SSSR count). The standard InChI is InChI=1S/C13H22N2O7/c1-14-13(7-16,8-17)6-5-10(18)15-9(12(20)21)3-4-11(19)22-2/h7,9,14,17H,3-6,8H2,1-2H3,(H,15,18)(H,20,21). The summed E-state index contributed by atoms with van der Waals surface area (Å²) >= 11 is 0. The van der Waals surface area contributed by atoms with Crippen LogP contribution in [0.2, 0.25) is 0 Å². The molecule has 0 aromatic rings. The number of methoxy groups -OCH3 is 1. The van der Waals surface area contributed by atoms with Gasteiger partial charge in [0.15, 0.2) is 0 Å². The number of rotatable bonds is 11. The number of carbonyl (C=O) groups is 4. The number of aliphatic hydroxyl groups is 1. The molecule has 0 aliphatic heterocycles. The molecule has 22 heavy (non-hydrogen) atoms. The largest absolute Gasteiger partial charge is 0.480 e. The number of carboxylic acids is 1. The molecular weight excluding hydrogens is 296 g/mol. The Kier molecular flexibility index (Phi) is 8.95. The highest BCUT2D eigenvalue weighted by molar-refractivity contribution is 5.84. The topological polar surface area (TPSA) is 142 Å². The van der Waals surface area contributed by atoms with Gasteiger partial charge in [0.25, 0.3) is 0 Å². The number of aliphatic hydroxyl groups excluding tert-OH is 1. The quantitative estimate of drug-likeness (QED) is 0.265.